The minimum absolute atomic E-state index is 0.0646. The molecule has 33 heavy (non-hydrogen) atoms. The van der Waals surface area contributed by atoms with E-state index in [-0.39, 0.29) is 18.2 Å². The molecule has 1 atom stereocenters. The number of carbonyl (C=O) groups is 2. The van der Waals surface area contributed by atoms with Crippen molar-refractivity contribution < 1.29 is 19.1 Å². The largest absolute Gasteiger partial charge is 0.493 e. The summed E-state index contributed by atoms with van der Waals surface area (Å²) in [4.78, 5) is 26.6. The van der Waals surface area contributed by atoms with Gasteiger partial charge in [-0.3, -0.25) is 20.4 Å². The molecule has 0 radical (unpaired) electrons. The molecule has 0 unspecified atom stereocenters. The lowest BCUT2D eigenvalue weighted by atomic mass is 10.1. The first-order valence-electron chi connectivity index (χ1n) is 10.5. The highest BCUT2D eigenvalue weighted by Gasteiger charge is 2.35. The minimum atomic E-state index is -0.436. The number of anilines is 2. The standard InChI is InChI=1S/C25H24ClN3O4/c1-32-23-14-20(11-12-22(23)33-16-17-7-9-19(26)10-8-17)27-28-25(31)18-13-24(30)29(15-18)21-5-3-2-4-6-21/h2-12,14,18,27H,13,15-16H2,1H3,(H,28,31)/t18-/m1/s1. The SMILES string of the molecule is COc1cc(NNC(=O)[C@@H]2CC(=O)N(c3ccccc3)C2)ccc1OCc1ccc(Cl)cc1. The molecule has 0 bridgehead atoms. The van der Waals surface area contributed by atoms with Gasteiger partial charge in [0.25, 0.3) is 0 Å². The van der Waals surface area contributed by atoms with Crippen molar-refractivity contribution >= 4 is 34.8 Å². The highest BCUT2D eigenvalue weighted by Crippen LogP contribution is 2.31. The average Bonchev–Trinajstić information content (AvgIpc) is 3.24. The lowest BCUT2D eigenvalue weighted by Crippen LogP contribution is -2.36. The second-order valence-electron chi connectivity index (χ2n) is 7.64. The number of carbonyl (C=O) groups excluding carboxylic acids is 2. The van der Waals surface area contributed by atoms with Gasteiger partial charge in [-0.1, -0.05) is 41.9 Å². The number of benzene rings is 3. The van der Waals surface area contributed by atoms with E-state index in [4.69, 9.17) is 21.1 Å². The van der Waals surface area contributed by atoms with Crippen LogP contribution in [0.25, 0.3) is 0 Å². The van der Waals surface area contributed by atoms with E-state index in [1.807, 2.05) is 54.6 Å². The van der Waals surface area contributed by atoms with Gasteiger partial charge in [-0.05, 0) is 42.0 Å². The summed E-state index contributed by atoms with van der Waals surface area (Å²) in [6, 6.07) is 22.0. The van der Waals surface area contributed by atoms with E-state index in [1.54, 1.807) is 30.2 Å². The average molecular weight is 466 g/mol. The Labute approximate surface area is 197 Å². The molecule has 0 aliphatic carbocycles. The van der Waals surface area contributed by atoms with Crippen molar-refractivity contribution in [3.63, 3.8) is 0 Å². The number of nitrogens with one attached hydrogen (secondary N) is 2. The van der Waals surface area contributed by atoms with Gasteiger partial charge >= 0.3 is 0 Å². The maximum Gasteiger partial charge on any atom is 0.243 e. The van der Waals surface area contributed by atoms with E-state index >= 15 is 0 Å². The number of methoxy groups -OCH3 is 1. The van der Waals surface area contributed by atoms with Crippen LogP contribution in [0.1, 0.15) is 12.0 Å². The fraction of sp³-hybridized carbons (Fsp3) is 0.200. The van der Waals surface area contributed by atoms with Gasteiger partial charge in [0.15, 0.2) is 11.5 Å². The number of ether oxygens (including phenoxy) is 2. The third-order valence-corrected chi connectivity index (χ3v) is 5.62. The van der Waals surface area contributed by atoms with Gasteiger partial charge in [-0.15, -0.1) is 0 Å². The number of nitrogens with zero attached hydrogens (tertiary/aromatic N) is 1. The van der Waals surface area contributed by atoms with Crippen molar-refractivity contribution in [3.8, 4) is 11.5 Å². The Balaban J connectivity index is 1.33. The highest BCUT2D eigenvalue weighted by atomic mass is 35.5. The van der Waals surface area contributed by atoms with Crippen molar-refractivity contribution in [1.82, 2.24) is 5.43 Å². The number of halogens is 1. The van der Waals surface area contributed by atoms with Crippen LogP contribution < -0.4 is 25.2 Å². The summed E-state index contributed by atoms with van der Waals surface area (Å²) in [6.45, 7) is 0.710. The number of rotatable bonds is 8. The van der Waals surface area contributed by atoms with Gasteiger partial charge in [-0.2, -0.15) is 0 Å². The zero-order chi connectivity index (χ0) is 23.2. The molecule has 1 fully saturated rings. The van der Waals surface area contributed by atoms with E-state index in [0.717, 1.165) is 11.3 Å². The topological polar surface area (TPSA) is 79.9 Å². The van der Waals surface area contributed by atoms with Gasteiger partial charge in [-0.25, -0.2) is 0 Å². The summed E-state index contributed by atoms with van der Waals surface area (Å²) in [7, 11) is 1.55. The van der Waals surface area contributed by atoms with E-state index in [0.29, 0.717) is 35.4 Å². The van der Waals surface area contributed by atoms with Crippen molar-refractivity contribution in [2.45, 2.75) is 13.0 Å². The smallest absolute Gasteiger partial charge is 0.243 e. The zero-order valence-electron chi connectivity index (χ0n) is 18.1. The first-order valence-corrected chi connectivity index (χ1v) is 10.9. The van der Waals surface area contributed by atoms with Crippen LogP contribution in [0.4, 0.5) is 11.4 Å². The molecule has 8 heteroatoms. The van der Waals surface area contributed by atoms with Crippen molar-refractivity contribution in [2.75, 3.05) is 24.0 Å². The number of hydrazine groups is 1. The van der Waals surface area contributed by atoms with Gasteiger partial charge in [0.2, 0.25) is 11.8 Å². The Kier molecular flexibility index (Phi) is 7.00. The van der Waals surface area contributed by atoms with Crippen LogP contribution in [0, 0.1) is 5.92 Å². The zero-order valence-corrected chi connectivity index (χ0v) is 18.8. The van der Waals surface area contributed by atoms with Crippen molar-refractivity contribution in [1.29, 1.82) is 0 Å². The Morgan fingerprint density at radius 1 is 1.06 bits per heavy atom. The third kappa shape index (κ3) is 5.56. The third-order valence-electron chi connectivity index (χ3n) is 5.36. The quantitative estimate of drug-likeness (QED) is 0.481. The number of hydrogen-bond acceptors (Lipinski definition) is 5. The van der Waals surface area contributed by atoms with Crippen LogP contribution in [0.3, 0.4) is 0 Å². The summed E-state index contributed by atoms with van der Waals surface area (Å²) < 4.78 is 11.3. The predicted molar refractivity (Wildman–Crippen MR) is 127 cm³/mol. The second-order valence-corrected chi connectivity index (χ2v) is 8.07. The molecule has 3 aromatic carbocycles. The minimum Gasteiger partial charge on any atom is -0.493 e. The maximum atomic E-state index is 12.6. The molecule has 4 rings (SSSR count). The van der Waals surface area contributed by atoms with Gasteiger partial charge in [0.1, 0.15) is 6.61 Å². The molecular formula is C25H24ClN3O4. The lowest BCUT2D eigenvalue weighted by molar-refractivity contribution is -0.125. The monoisotopic (exact) mass is 465 g/mol. The maximum absolute atomic E-state index is 12.6. The molecule has 1 saturated heterocycles. The Morgan fingerprint density at radius 2 is 1.82 bits per heavy atom. The lowest BCUT2D eigenvalue weighted by Gasteiger charge is -2.17. The first kappa shape index (κ1) is 22.5. The molecule has 2 N–H and O–H groups in total. The summed E-state index contributed by atoms with van der Waals surface area (Å²) in [6.07, 6.45) is 0.170. The van der Waals surface area contributed by atoms with Crippen LogP contribution in [-0.2, 0) is 16.2 Å². The molecule has 0 spiro atoms. The number of para-hydroxylation sites is 1. The summed E-state index contributed by atoms with van der Waals surface area (Å²) in [5.41, 5.74) is 7.99. The molecule has 1 aliphatic heterocycles. The van der Waals surface area contributed by atoms with E-state index < -0.39 is 5.92 Å². The van der Waals surface area contributed by atoms with Crippen LogP contribution in [0.2, 0.25) is 5.02 Å². The molecule has 0 aromatic heterocycles. The van der Waals surface area contributed by atoms with Crippen molar-refractivity contribution in [2.24, 2.45) is 5.92 Å². The molecule has 1 aliphatic rings. The fourth-order valence-electron chi connectivity index (χ4n) is 3.58. The molecule has 3 aromatic rings. The van der Waals surface area contributed by atoms with Gasteiger partial charge in [0, 0.05) is 29.7 Å². The van der Waals surface area contributed by atoms with Gasteiger partial charge < -0.3 is 14.4 Å². The summed E-state index contributed by atoms with van der Waals surface area (Å²) >= 11 is 5.91. The summed E-state index contributed by atoms with van der Waals surface area (Å²) in [5.74, 6) is 0.349. The van der Waals surface area contributed by atoms with E-state index in [2.05, 4.69) is 10.9 Å². The van der Waals surface area contributed by atoms with Gasteiger partial charge in [0.05, 0.1) is 18.7 Å². The van der Waals surface area contributed by atoms with Crippen LogP contribution in [0.5, 0.6) is 11.5 Å². The van der Waals surface area contributed by atoms with Crippen LogP contribution in [-0.4, -0.2) is 25.5 Å². The fourth-order valence-corrected chi connectivity index (χ4v) is 3.71. The molecule has 7 nitrogen and oxygen atoms in total. The highest BCUT2D eigenvalue weighted by molar-refractivity contribution is 6.30. The molecule has 170 valence electrons. The Morgan fingerprint density at radius 3 is 2.55 bits per heavy atom. The Hall–Kier alpha value is -3.71. The number of hydrogen-bond donors (Lipinski definition) is 2. The predicted octanol–water partition coefficient (Wildman–Crippen LogP) is 4.42. The molecular weight excluding hydrogens is 442 g/mol. The summed E-state index contributed by atoms with van der Waals surface area (Å²) in [5, 5.41) is 0.670. The van der Waals surface area contributed by atoms with Crippen LogP contribution in [0.15, 0.2) is 72.8 Å². The van der Waals surface area contributed by atoms with Crippen LogP contribution >= 0.6 is 11.6 Å². The number of amides is 2. The normalized spacial score (nSPS) is 15.3. The van der Waals surface area contributed by atoms with E-state index in [1.165, 1.54) is 0 Å². The molecule has 2 amide bonds. The van der Waals surface area contributed by atoms with E-state index in [9.17, 15) is 9.59 Å². The van der Waals surface area contributed by atoms with Crippen molar-refractivity contribution in [3.05, 3.63) is 83.4 Å². The first-order chi connectivity index (χ1) is 16.0. The molecule has 0 saturated carbocycles. The second kappa shape index (κ2) is 10.3. The Bertz CT molecular complexity index is 1120. The molecule has 1 heterocycles.